The minimum Gasteiger partial charge on any atom is -0.437 e. The van der Waals surface area contributed by atoms with Crippen LogP contribution in [-0.4, -0.2) is 5.90 Å². The highest BCUT2D eigenvalue weighted by Crippen LogP contribution is 2.21. The summed E-state index contributed by atoms with van der Waals surface area (Å²) in [7, 11) is 0. The van der Waals surface area contributed by atoms with Crippen molar-refractivity contribution in [3.63, 3.8) is 0 Å². The van der Waals surface area contributed by atoms with E-state index in [4.69, 9.17) is 22.2 Å². The van der Waals surface area contributed by atoms with Gasteiger partial charge < -0.3 is 10.6 Å². The molecule has 0 aliphatic carbocycles. The Bertz CT molecular complexity index is 578. The highest BCUT2D eigenvalue weighted by molar-refractivity contribution is 7.12. The van der Waals surface area contributed by atoms with Gasteiger partial charge >= 0.3 is 0 Å². The van der Waals surface area contributed by atoms with Gasteiger partial charge in [-0.2, -0.15) is 0 Å². The van der Waals surface area contributed by atoms with Crippen LogP contribution in [0.15, 0.2) is 53.5 Å². The minimum absolute atomic E-state index is 0.343. The average molecular weight is 279 g/mol. The molecule has 0 saturated carbocycles. The molecular weight excluding hydrogens is 268 g/mol. The van der Waals surface area contributed by atoms with Crippen molar-refractivity contribution in [2.24, 2.45) is 10.9 Å². The van der Waals surface area contributed by atoms with Crippen LogP contribution < -0.4 is 5.84 Å². The van der Waals surface area contributed by atoms with Crippen molar-refractivity contribution in [3.05, 3.63) is 63.8 Å². The Morgan fingerprint density at radius 1 is 1.33 bits per heavy atom. The lowest BCUT2D eigenvalue weighted by Gasteiger charge is -2.09. The lowest BCUT2D eigenvalue weighted by atomic mass is 10.2. The van der Waals surface area contributed by atoms with E-state index >= 15 is 0 Å². The fourth-order valence-electron chi connectivity index (χ4n) is 1.38. The van der Waals surface area contributed by atoms with Crippen molar-refractivity contribution in [2.75, 3.05) is 0 Å². The predicted molar refractivity (Wildman–Crippen MR) is 76.6 cm³/mol. The van der Waals surface area contributed by atoms with E-state index in [1.165, 1.54) is 11.3 Å². The van der Waals surface area contributed by atoms with Gasteiger partial charge in [0.25, 0.3) is 5.90 Å². The second-order valence-electron chi connectivity index (χ2n) is 3.45. The molecule has 0 aliphatic rings. The van der Waals surface area contributed by atoms with Gasteiger partial charge in [0, 0.05) is 10.6 Å². The Hall–Kier alpha value is -1.78. The molecule has 0 spiro atoms. The summed E-state index contributed by atoms with van der Waals surface area (Å²) >= 11 is 7.40. The van der Waals surface area contributed by atoms with Crippen molar-refractivity contribution in [1.29, 1.82) is 0 Å². The fourth-order valence-corrected chi connectivity index (χ4v) is 2.22. The smallest absolute Gasteiger partial charge is 0.253 e. The molecule has 2 rings (SSSR count). The van der Waals surface area contributed by atoms with E-state index in [0.717, 1.165) is 10.4 Å². The monoisotopic (exact) mass is 278 g/mol. The molecule has 2 N–H and O–H groups in total. The fraction of sp³-hybridized carbons (Fsp3) is 0. The second kappa shape index (κ2) is 5.71. The normalized spacial score (nSPS) is 11.3. The maximum absolute atomic E-state index is 5.91. The number of benzene rings is 1. The molecule has 0 amide bonds. The summed E-state index contributed by atoms with van der Waals surface area (Å²) in [6.07, 6.45) is 0. The summed E-state index contributed by atoms with van der Waals surface area (Å²) in [5, 5.41) is 6.18. The van der Waals surface area contributed by atoms with E-state index in [1.54, 1.807) is 12.1 Å². The Labute approximate surface area is 114 Å². The first-order valence-electron chi connectivity index (χ1n) is 5.15. The Balaban J connectivity index is 2.16. The van der Waals surface area contributed by atoms with Gasteiger partial charge in [-0.3, -0.25) is 0 Å². The van der Waals surface area contributed by atoms with Crippen LogP contribution in [0.25, 0.3) is 5.76 Å². The molecule has 1 aromatic heterocycles. The minimum atomic E-state index is 0.343. The third-order valence-electron chi connectivity index (χ3n) is 2.22. The molecule has 5 heteroatoms. The standard InChI is InChI=1S/C13H11ClN2OS/c1-9(10-4-2-5-11(14)8-10)17-13(16-15)12-6-3-7-18-12/h2-8H,1,15H2/b16-13-. The first kappa shape index (κ1) is 12.7. The van der Waals surface area contributed by atoms with Crippen LogP contribution in [0.5, 0.6) is 0 Å². The Morgan fingerprint density at radius 3 is 2.78 bits per heavy atom. The molecule has 0 saturated heterocycles. The van der Waals surface area contributed by atoms with Crippen LogP contribution >= 0.6 is 22.9 Å². The summed E-state index contributed by atoms with van der Waals surface area (Å²) in [5.41, 5.74) is 0.792. The first-order valence-corrected chi connectivity index (χ1v) is 6.41. The molecule has 0 fully saturated rings. The zero-order valence-corrected chi connectivity index (χ0v) is 11.0. The quantitative estimate of drug-likeness (QED) is 0.306. The molecule has 0 aliphatic heterocycles. The molecule has 0 unspecified atom stereocenters. The van der Waals surface area contributed by atoms with Crippen LogP contribution in [0.2, 0.25) is 5.02 Å². The van der Waals surface area contributed by atoms with E-state index in [9.17, 15) is 0 Å². The van der Waals surface area contributed by atoms with Gasteiger partial charge in [0.2, 0.25) is 0 Å². The third-order valence-corrected chi connectivity index (χ3v) is 3.31. The number of ether oxygens (including phenoxy) is 1. The van der Waals surface area contributed by atoms with E-state index in [2.05, 4.69) is 11.7 Å². The van der Waals surface area contributed by atoms with Crippen LogP contribution in [-0.2, 0) is 4.74 Å². The van der Waals surface area contributed by atoms with Gasteiger partial charge in [-0.05, 0) is 23.6 Å². The molecular formula is C13H11ClN2OS. The van der Waals surface area contributed by atoms with Gasteiger partial charge in [-0.15, -0.1) is 16.4 Å². The van der Waals surface area contributed by atoms with Gasteiger partial charge in [-0.25, -0.2) is 0 Å². The highest BCUT2D eigenvalue weighted by atomic mass is 35.5. The summed E-state index contributed by atoms with van der Waals surface area (Å²) in [4.78, 5) is 0.848. The average Bonchev–Trinajstić information content (AvgIpc) is 2.89. The Kier molecular flexibility index (Phi) is 4.02. The summed E-state index contributed by atoms with van der Waals surface area (Å²) < 4.78 is 5.57. The van der Waals surface area contributed by atoms with Crippen molar-refractivity contribution < 1.29 is 4.74 Å². The zero-order chi connectivity index (χ0) is 13.0. The second-order valence-corrected chi connectivity index (χ2v) is 4.83. The number of hydrazone groups is 1. The number of thiophene rings is 1. The molecule has 0 bridgehead atoms. The van der Waals surface area contributed by atoms with Gasteiger partial charge in [0.15, 0.2) is 0 Å². The summed E-state index contributed by atoms with van der Waals surface area (Å²) in [6.45, 7) is 3.85. The number of rotatable bonds is 3. The van der Waals surface area contributed by atoms with Gasteiger partial charge in [-0.1, -0.05) is 36.4 Å². The van der Waals surface area contributed by atoms with E-state index < -0.39 is 0 Å². The molecule has 0 atom stereocenters. The van der Waals surface area contributed by atoms with Crippen LogP contribution in [0, 0.1) is 0 Å². The zero-order valence-electron chi connectivity index (χ0n) is 9.47. The maximum Gasteiger partial charge on any atom is 0.253 e. The van der Waals surface area contributed by atoms with Crippen LogP contribution in [0.4, 0.5) is 0 Å². The topological polar surface area (TPSA) is 47.6 Å². The predicted octanol–water partition coefficient (Wildman–Crippen LogP) is 3.71. The lowest BCUT2D eigenvalue weighted by molar-refractivity contribution is 0.509. The van der Waals surface area contributed by atoms with Crippen LogP contribution in [0.1, 0.15) is 10.4 Å². The van der Waals surface area contributed by atoms with Crippen LogP contribution in [0.3, 0.4) is 0 Å². The van der Waals surface area contributed by atoms with E-state index in [1.807, 2.05) is 29.6 Å². The molecule has 1 heterocycles. The van der Waals surface area contributed by atoms with E-state index in [0.29, 0.717) is 16.7 Å². The van der Waals surface area contributed by atoms with E-state index in [-0.39, 0.29) is 0 Å². The van der Waals surface area contributed by atoms with Crippen molar-refractivity contribution in [1.82, 2.24) is 0 Å². The molecule has 1 aromatic carbocycles. The number of hydrogen-bond acceptors (Lipinski definition) is 4. The number of nitrogens with two attached hydrogens (primary N) is 1. The molecule has 18 heavy (non-hydrogen) atoms. The summed E-state index contributed by atoms with van der Waals surface area (Å²) in [6, 6.07) is 11.0. The number of nitrogens with zero attached hydrogens (tertiary/aromatic N) is 1. The Morgan fingerprint density at radius 2 is 2.17 bits per heavy atom. The first-order chi connectivity index (χ1) is 8.70. The largest absolute Gasteiger partial charge is 0.437 e. The number of halogens is 1. The summed E-state index contributed by atoms with van der Waals surface area (Å²) in [5.74, 6) is 6.12. The number of hydrogen-bond donors (Lipinski definition) is 1. The maximum atomic E-state index is 5.91. The third kappa shape index (κ3) is 2.91. The SMILES string of the molecule is C=C(O/C(=N\N)c1cccs1)c1cccc(Cl)c1. The molecule has 3 nitrogen and oxygen atoms in total. The van der Waals surface area contributed by atoms with Crippen molar-refractivity contribution in [3.8, 4) is 0 Å². The molecule has 2 aromatic rings. The van der Waals surface area contributed by atoms with Gasteiger partial charge in [0.05, 0.1) is 4.88 Å². The molecule has 0 radical (unpaired) electrons. The van der Waals surface area contributed by atoms with Crippen molar-refractivity contribution in [2.45, 2.75) is 0 Å². The van der Waals surface area contributed by atoms with Gasteiger partial charge in [0.1, 0.15) is 5.76 Å². The lowest BCUT2D eigenvalue weighted by Crippen LogP contribution is -2.06. The highest BCUT2D eigenvalue weighted by Gasteiger charge is 2.09. The van der Waals surface area contributed by atoms with Crippen molar-refractivity contribution >= 4 is 34.6 Å². The molecule has 92 valence electrons.